The number of hydrogen-bond donors (Lipinski definition) is 3. The molecular weight excluding hydrogens is 368 g/mol. The summed E-state index contributed by atoms with van der Waals surface area (Å²) in [6.45, 7) is 5.21. The number of benzene rings is 1. The van der Waals surface area contributed by atoms with Gasteiger partial charge >= 0.3 is 6.03 Å². The van der Waals surface area contributed by atoms with E-state index >= 15 is 0 Å². The molecule has 0 aromatic heterocycles. The van der Waals surface area contributed by atoms with Crippen molar-refractivity contribution >= 4 is 27.6 Å². The molecule has 0 spiro atoms. The van der Waals surface area contributed by atoms with Crippen LogP contribution >= 0.6 is 0 Å². The lowest BCUT2D eigenvalue weighted by molar-refractivity contribution is 0.0676. The van der Waals surface area contributed by atoms with Gasteiger partial charge in [-0.25, -0.2) is 17.9 Å². The Kier molecular flexibility index (Phi) is 7.20. The van der Waals surface area contributed by atoms with E-state index in [9.17, 15) is 18.0 Å². The first-order chi connectivity index (χ1) is 12.6. The van der Waals surface area contributed by atoms with Gasteiger partial charge in [0.2, 0.25) is 10.0 Å². The van der Waals surface area contributed by atoms with Crippen LogP contribution in [0.15, 0.2) is 24.3 Å². The molecule has 0 saturated carbocycles. The molecule has 1 aromatic rings. The number of nitrogens with one attached hydrogen (secondary N) is 3. The van der Waals surface area contributed by atoms with Crippen molar-refractivity contribution in [3.05, 3.63) is 29.8 Å². The first-order valence-corrected chi connectivity index (χ1v) is 10.9. The zero-order chi connectivity index (χ0) is 20.0. The van der Waals surface area contributed by atoms with Crippen molar-refractivity contribution < 1.29 is 18.0 Å². The Bertz CT molecular complexity index is 779. The second-order valence-corrected chi connectivity index (χ2v) is 9.05. The highest BCUT2D eigenvalue weighted by Crippen LogP contribution is 2.20. The highest BCUT2D eigenvalue weighted by atomic mass is 32.2. The SMILES string of the molecule is CC(C)NC(=O)Nc1cccc(C(=O)N2CCCC(CNS(C)(=O)=O)C2)c1. The summed E-state index contributed by atoms with van der Waals surface area (Å²) in [7, 11) is -3.24. The zero-order valence-corrected chi connectivity index (χ0v) is 16.8. The van der Waals surface area contributed by atoms with Crippen LogP contribution in [-0.2, 0) is 10.0 Å². The van der Waals surface area contributed by atoms with E-state index in [1.165, 1.54) is 0 Å². The van der Waals surface area contributed by atoms with E-state index in [2.05, 4.69) is 15.4 Å². The number of piperidine rings is 1. The maximum Gasteiger partial charge on any atom is 0.319 e. The minimum Gasteiger partial charge on any atom is -0.338 e. The van der Waals surface area contributed by atoms with Crippen LogP contribution in [0.3, 0.4) is 0 Å². The van der Waals surface area contributed by atoms with Gasteiger partial charge in [0, 0.05) is 36.9 Å². The van der Waals surface area contributed by atoms with Crippen LogP contribution < -0.4 is 15.4 Å². The van der Waals surface area contributed by atoms with Crippen molar-refractivity contribution in [3.8, 4) is 0 Å². The van der Waals surface area contributed by atoms with Crippen LogP contribution in [0.25, 0.3) is 0 Å². The van der Waals surface area contributed by atoms with E-state index in [0.29, 0.717) is 30.9 Å². The Morgan fingerprint density at radius 3 is 2.70 bits per heavy atom. The predicted molar refractivity (Wildman–Crippen MR) is 105 cm³/mol. The molecule has 0 bridgehead atoms. The number of rotatable bonds is 6. The number of anilines is 1. The topological polar surface area (TPSA) is 108 Å². The number of nitrogens with zero attached hydrogens (tertiary/aromatic N) is 1. The minimum absolute atomic E-state index is 0.0145. The molecule has 1 unspecified atom stereocenters. The molecule has 150 valence electrons. The third-order valence-electron chi connectivity index (χ3n) is 4.23. The van der Waals surface area contributed by atoms with Crippen molar-refractivity contribution in [2.45, 2.75) is 32.7 Å². The number of amides is 3. The summed E-state index contributed by atoms with van der Waals surface area (Å²) in [5.41, 5.74) is 1.04. The summed E-state index contributed by atoms with van der Waals surface area (Å²) in [5.74, 6) is -0.0254. The second-order valence-electron chi connectivity index (χ2n) is 7.21. The number of likely N-dealkylation sites (tertiary alicyclic amines) is 1. The van der Waals surface area contributed by atoms with Crippen molar-refractivity contribution in [2.75, 3.05) is 31.2 Å². The molecule has 1 aliphatic heterocycles. The quantitative estimate of drug-likeness (QED) is 0.679. The summed E-state index contributed by atoms with van der Waals surface area (Å²) < 4.78 is 25.1. The maximum absolute atomic E-state index is 12.8. The highest BCUT2D eigenvalue weighted by Gasteiger charge is 2.25. The molecule has 3 amide bonds. The van der Waals surface area contributed by atoms with Crippen molar-refractivity contribution in [3.63, 3.8) is 0 Å². The van der Waals surface area contributed by atoms with Gasteiger partial charge in [-0.05, 0) is 50.8 Å². The Morgan fingerprint density at radius 1 is 1.30 bits per heavy atom. The first-order valence-electron chi connectivity index (χ1n) is 9.05. The van der Waals surface area contributed by atoms with Crippen LogP contribution in [0.1, 0.15) is 37.0 Å². The Hall–Kier alpha value is -2.13. The molecule has 1 aromatic carbocycles. The average Bonchev–Trinajstić information content (AvgIpc) is 2.58. The standard InChI is InChI=1S/C18H28N4O4S/c1-13(2)20-18(24)21-16-8-4-7-15(10-16)17(23)22-9-5-6-14(12-22)11-19-27(3,25)26/h4,7-8,10,13-14,19H,5-6,9,11-12H2,1-3H3,(H2,20,21,24). The summed E-state index contributed by atoms with van der Waals surface area (Å²) >= 11 is 0. The molecule has 1 aliphatic rings. The molecule has 2 rings (SSSR count). The van der Waals surface area contributed by atoms with E-state index < -0.39 is 10.0 Å². The average molecular weight is 397 g/mol. The van der Waals surface area contributed by atoms with Crippen LogP contribution in [0.5, 0.6) is 0 Å². The summed E-state index contributed by atoms with van der Waals surface area (Å²) in [6.07, 6.45) is 2.84. The molecule has 9 heteroatoms. The molecule has 1 heterocycles. The Morgan fingerprint density at radius 2 is 2.04 bits per heavy atom. The van der Waals surface area contributed by atoms with E-state index in [4.69, 9.17) is 0 Å². The van der Waals surface area contributed by atoms with Crippen molar-refractivity contribution in [2.24, 2.45) is 5.92 Å². The van der Waals surface area contributed by atoms with Gasteiger partial charge in [-0.2, -0.15) is 0 Å². The molecule has 0 aliphatic carbocycles. The van der Waals surface area contributed by atoms with Gasteiger partial charge in [-0.15, -0.1) is 0 Å². The summed E-state index contributed by atoms with van der Waals surface area (Å²) in [5, 5.41) is 5.45. The van der Waals surface area contributed by atoms with Crippen LogP contribution in [-0.4, -0.2) is 57.2 Å². The summed E-state index contributed by atoms with van der Waals surface area (Å²) in [4.78, 5) is 26.4. The van der Waals surface area contributed by atoms with E-state index in [-0.39, 0.29) is 23.9 Å². The van der Waals surface area contributed by atoms with Gasteiger partial charge in [0.25, 0.3) is 5.91 Å². The molecular formula is C18H28N4O4S. The van der Waals surface area contributed by atoms with E-state index in [1.807, 2.05) is 13.8 Å². The normalized spacial score (nSPS) is 17.6. The van der Waals surface area contributed by atoms with Gasteiger partial charge in [0.15, 0.2) is 0 Å². The van der Waals surface area contributed by atoms with Gasteiger partial charge < -0.3 is 15.5 Å². The molecule has 0 radical (unpaired) electrons. The number of urea groups is 1. The van der Waals surface area contributed by atoms with Gasteiger partial charge in [-0.3, -0.25) is 4.79 Å². The molecule has 27 heavy (non-hydrogen) atoms. The number of hydrogen-bond acceptors (Lipinski definition) is 4. The lowest BCUT2D eigenvalue weighted by Crippen LogP contribution is -2.43. The number of carbonyl (C=O) groups excluding carboxylic acids is 2. The Labute approximate surface area is 160 Å². The van der Waals surface area contributed by atoms with Gasteiger partial charge in [0.1, 0.15) is 0 Å². The van der Waals surface area contributed by atoms with Crippen LogP contribution in [0.4, 0.5) is 10.5 Å². The maximum atomic E-state index is 12.8. The summed E-state index contributed by atoms with van der Waals surface area (Å²) in [6, 6.07) is 6.52. The zero-order valence-electron chi connectivity index (χ0n) is 16.0. The van der Waals surface area contributed by atoms with Gasteiger partial charge in [0.05, 0.1) is 6.26 Å². The van der Waals surface area contributed by atoms with E-state index in [1.54, 1.807) is 29.2 Å². The van der Waals surface area contributed by atoms with Crippen molar-refractivity contribution in [1.82, 2.24) is 14.9 Å². The number of carbonyl (C=O) groups is 2. The fourth-order valence-electron chi connectivity index (χ4n) is 3.03. The van der Waals surface area contributed by atoms with E-state index in [0.717, 1.165) is 19.1 Å². The molecule has 3 N–H and O–H groups in total. The van der Waals surface area contributed by atoms with Crippen molar-refractivity contribution in [1.29, 1.82) is 0 Å². The smallest absolute Gasteiger partial charge is 0.319 e. The monoisotopic (exact) mass is 396 g/mol. The van der Waals surface area contributed by atoms with Crippen LogP contribution in [0.2, 0.25) is 0 Å². The molecule has 1 fully saturated rings. The lowest BCUT2D eigenvalue weighted by Gasteiger charge is -2.33. The minimum atomic E-state index is -3.24. The predicted octanol–water partition coefficient (Wildman–Crippen LogP) is 1.62. The Balaban J connectivity index is 2.00. The number of sulfonamides is 1. The van der Waals surface area contributed by atoms with Crippen LogP contribution in [0, 0.1) is 5.92 Å². The third-order valence-corrected chi connectivity index (χ3v) is 4.92. The lowest BCUT2D eigenvalue weighted by atomic mass is 9.97. The molecule has 1 saturated heterocycles. The third kappa shape index (κ3) is 7.18. The fraction of sp³-hybridized carbons (Fsp3) is 0.556. The molecule has 8 nitrogen and oxygen atoms in total. The fourth-order valence-corrected chi connectivity index (χ4v) is 3.57. The second kappa shape index (κ2) is 9.18. The van der Waals surface area contributed by atoms with Gasteiger partial charge in [-0.1, -0.05) is 6.07 Å². The highest BCUT2D eigenvalue weighted by molar-refractivity contribution is 7.88. The largest absolute Gasteiger partial charge is 0.338 e. The molecule has 1 atom stereocenters. The first kappa shape index (κ1) is 21.2.